The molecule has 0 aliphatic heterocycles. The van der Waals surface area contributed by atoms with Gasteiger partial charge in [0.15, 0.2) is 0 Å². The van der Waals surface area contributed by atoms with E-state index in [1.165, 1.54) is 11.1 Å². The molecule has 0 heterocycles. The van der Waals surface area contributed by atoms with Gasteiger partial charge in [0, 0.05) is 17.8 Å². The molecule has 2 aromatic carbocycles. The SMILES string of the molecule is Cc1ccc(OCCCC(=O)Nc2ccc(N)cc2)cc1C. The van der Waals surface area contributed by atoms with E-state index in [1.54, 1.807) is 24.3 Å². The van der Waals surface area contributed by atoms with E-state index < -0.39 is 0 Å². The van der Waals surface area contributed by atoms with Crippen molar-refractivity contribution in [1.82, 2.24) is 0 Å². The summed E-state index contributed by atoms with van der Waals surface area (Å²) < 4.78 is 5.66. The lowest BCUT2D eigenvalue weighted by molar-refractivity contribution is -0.116. The number of amides is 1. The Labute approximate surface area is 131 Å². The average Bonchev–Trinajstić information content (AvgIpc) is 2.49. The summed E-state index contributed by atoms with van der Waals surface area (Å²) in [5.41, 5.74) is 9.49. The Bertz CT molecular complexity index is 636. The van der Waals surface area contributed by atoms with Gasteiger partial charge in [0.25, 0.3) is 0 Å². The second-order valence-electron chi connectivity index (χ2n) is 5.37. The van der Waals surface area contributed by atoms with E-state index in [-0.39, 0.29) is 5.91 Å². The third-order valence-corrected chi connectivity index (χ3v) is 3.49. The number of anilines is 2. The monoisotopic (exact) mass is 298 g/mol. The van der Waals surface area contributed by atoms with Crippen LogP contribution in [-0.2, 0) is 4.79 Å². The summed E-state index contributed by atoms with van der Waals surface area (Å²) in [5, 5.41) is 2.83. The van der Waals surface area contributed by atoms with Crippen LogP contribution in [0.15, 0.2) is 42.5 Å². The highest BCUT2D eigenvalue weighted by molar-refractivity contribution is 5.90. The zero-order chi connectivity index (χ0) is 15.9. The van der Waals surface area contributed by atoms with Gasteiger partial charge in [-0.25, -0.2) is 0 Å². The van der Waals surface area contributed by atoms with E-state index in [4.69, 9.17) is 10.5 Å². The number of nitrogens with two attached hydrogens (primary N) is 1. The van der Waals surface area contributed by atoms with Gasteiger partial charge >= 0.3 is 0 Å². The second-order valence-corrected chi connectivity index (χ2v) is 5.37. The fraction of sp³-hybridized carbons (Fsp3) is 0.278. The van der Waals surface area contributed by atoms with Crippen molar-refractivity contribution in [1.29, 1.82) is 0 Å². The maximum absolute atomic E-state index is 11.8. The van der Waals surface area contributed by atoms with Crippen molar-refractivity contribution in [2.75, 3.05) is 17.7 Å². The molecule has 2 aromatic rings. The lowest BCUT2D eigenvalue weighted by atomic mass is 10.1. The Hall–Kier alpha value is -2.49. The number of rotatable bonds is 6. The number of aryl methyl sites for hydroxylation is 2. The Balaban J connectivity index is 1.70. The second kappa shape index (κ2) is 7.50. The molecule has 4 heteroatoms. The van der Waals surface area contributed by atoms with Crippen LogP contribution in [0, 0.1) is 13.8 Å². The molecular formula is C18H22N2O2. The normalized spacial score (nSPS) is 10.3. The molecule has 22 heavy (non-hydrogen) atoms. The zero-order valence-corrected chi connectivity index (χ0v) is 13.1. The van der Waals surface area contributed by atoms with Crippen molar-refractivity contribution in [3.63, 3.8) is 0 Å². The van der Waals surface area contributed by atoms with E-state index in [0.29, 0.717) is 25.1 Å². The number of carbonyl (C=O) groups is 1. The minimum absolute atomic E-state index is 0.0199. The van der Waals surface area contributed by atoms with Crippen LogP contribution in [0.5, 0.6) is 5.75 Å². The smallest absolute Gasteiger partial charge is 0.224 e. The molecule has 116 valence electrons. The Morgan fingerprint density at radius 2 is 1.82 bits per heavy atom. The highest BCUT2D eigenvalue weighted by Crippen LogP contribution is 2.17. The summed E-state index contributed by atoms with van der Waals surface area (Å²) in [5.74, 6) is 0.829. The van der Waals surface area contributed by atoms with Crippen LogP contribution in [-0.4, -0.2) is 12.5 Å². The van der Waals surface area contributed by atoms with Crippen molar-refractivity contribution in [2.24, 2.45) is 0 Å². The van der Waals surface area contributed by atoms with Gasteiger partial charge in [0.2, 0.25) is 5.91 Å². The number of carbonyl (C=O) groups excluding carboxylic acids is 1. The van der Waals surface area contributed by atoms with E-state index in [0.717, 1.165) is 11.4 Å². The molecule has 2 rings (SSSR count). The van der Waals surface area contributed by atoms with Gasteiger partial charge < -0.3 is 15.8 Å². The first-order valence-electron chi connectivity index (χ1n) is 7.40. The van der Waals surface area contributed by atoms with Crippen LogP contribution in [0.4, 0.5) is 11.4 Å². The van der Waals surface area contributed by atoms with Crippen LogP contribution in [0.25, 0.3) is 0 Å². The first kappa shape index (κ1) is 15.9. The molecule has 0 radical (unpaired) electrons. The largest absolute Gasteiger partial charge is 0.494 e. The summed E-state index contributed by atoms with van der Waals surface area (Å²) >= 11 is 0. The number of hydrogen-bond acceptors (Lipinski definition) is 3. The topological polar surface area (TPSA) is 64.3 Å². The molecule has 0 spiro atoms. The first-order chi connectivity index (χ1) is 10.5. The number of benzene rings is 2. The predicted octanol–water partition coefficient (Wildman–Crippen LogP) is 3.68. The first-order valence-corrected chi connectivity index (χ1v) is 7.40. The maximum Gasteiger partial charge on any atom is 0.224 e. The lowest BCUT2D eigenvalue weighted by Crippen LogP contribution is -2.12. The van der Waals surface area contributed by atoms with Crippen LogP contribution in [0.2, 0.25) is 0 Å². The Kier molecular flexibility index (Phi) is 5.42. The van der Waals surface area contributed by atoms with Crippen molar-refractivity contribution in [3.8, 4) is 5.75 Å². The quantitative estimate of drug-likeness (QED) is 0.631. The van der Waals surface area contributed by atoms with E-state index >= 15 is 0 Å². The Morgan fingerprint density at radius 3 is 2.50 bits per heavy atom. The Morgan fingerprint density at radius 1 is 1.09 bits per heavy atom. The molecule has 0 atom stereocenters. The molecule has 3 N–H and O–H groups in total. The minimum atomic E-state index is -0.0199. The van der Waals surface area contributed by atoms with Crippen LogP contribution < -0.4 is 15.8 Å². The summed E-state index contributed by atoms with van der Waals surface area (Å²) in [4.78, 5) is 11.8. The number of hydrogen-bond donors (Lipinski definition) is 2. The molecule has 0 aliphatic carbocycles. The molecule has 0 fully saturated rings. The van der Waals surface area contributed by atoms with Crippen LogP contribution in [0.1, 0.15) is 24.0 Å². The van der Waals surface area contributed by atoms with Crippen molar-refractivity contribution in [3.05, 3.63) is 53.6 Å². The molecule has 0 aliphatic rings. The standard InChI is InChI=1S/C18H22N2O2/c1-13-5-10-17(12-14(13)2)22-11-3-4-18(21)20-16-8-6-15(19)7-9-16/h5-10,12H,3-4,11,19H2,1-2H3,(H,20,21). The molecule has 4 nitrogen and oxygen atoms in total. The number of nitrogens with one attached hydrogen (secondary N) is 1. The van der Waals surface area contributed by atoms with Crippen molar-refractivity contribution >= 4 is 17.3 Å². The van der Waals surface area contributed by atoms with Gasteiger partial charge in [-0.05, 0) is 67.8 Å². The fourth-order valence-corrected chi connectivity index (χ4v) is 2.02. The van der Waals surface area contributed by atoms with E-state index in [1.807, 2.05) is 18.2 Å². The van der Waals surface area contributed by atoms with Crippen molar-refractivity contribution < 1.29 is 9.53 Å². The van der Waals surface area contributed by atoms with Gasteiger partial charge in [0.1, 0.15) is 5.75 Å². The van der Waals surface area contributed by atoms with Gasteiger partial charge in [-0.1, -0.05) is 6.07 Å². The molecule has 1 amide bonds. The number of ether oxygens (including phenoxy) is 1. The summed E-state index contributed by atoms with van der Waals surface area (Å²) in [6.45, 7) is 4.65. The van der Waals surface area contributed by atoms with Crippen LogP contribution >= 0.6 is 0 Å². The molecular weight excluding hydrogens is 276 g/mol. The molecule has 0 saturated heterocycles. The molecule has 0 bridgehead atoms. The van der Waals surface area contributed by atoms with Gasteiger partial charge in [-0.15, -0.1) is 0 Å². The highest BCUT2D eigenvalue weighted by Gasteiger charge is 2.03. The van der Waals surface area contributed by atoms with Gasteiger partial charge in [-0.3, -0.25) is 4.79 Å². The maximum atomic E-state index is 11.8. The predicted molar refractivity (Wildman–Crippen MR) is 90.1 cm³/mol. The van der Waals surface area contributed by atoms with Gasteiger partial charge in [-0.2, -0.15) is 0 Å². The van der Waals surface area contributed by atoms with E-state index in [2.05, 4.69) is 19.2 Å². The lowest BCUT2D eigenvalue weighted by Gasteiger charge is -2.09. The summed E-state index contributed by atoms with van der Waals surface area (Å²) in [7, 11) is 0. The number of nitrogen functional groups attached to an aromatic ring is 1. The molecule has 0 saturated carbocycles. The van der Waals surface area contributed by atoms with E-state index in [9.17, 15) is 4.79 Å². The average molecular weight is 298 g/mol. The van der Waals surface area contributed by atoms with Crippen molar-refractivity contribution in [2.45, 2.75) is 26.7 Å². The minimum Gasteiger partial charge on any atom is -0.494 e. The summed E-state index contributed by atoms with van der Waals surface area (Å²) in [6, 6.07) is 13.1. The van der Waals surface area contributed by atoms with Gasteiger partial charge in [0.05, 0.1) is 6.61 Å². The summed E-state index contributed by atoms with van der Waals surface area (Å²) in [6.07, 6.45) is 1.10. The third kappa shape index (κ3) is 4.81. The highest BCUT2D eigenvalue weighted by atomic mass is 16.5. The molecule has 0 aromatic heterocycles. The third-order valence-electron chi connectivity index (χ3n) is 3.49. The van der Waals surface area contributed by atoms with Crippen LogP contribution in [0.3, 0.4) is 0 Å². The molecule has 0 unspecified atom stereocenters. The fourth-order valence-electron chi connectivity index (χ4n) is 2.02. The zero-order valence-electron chi connectivity index (χ0n) is 13.1.